The summed E-state index contributed by atoms with van der Waals surface area (Å²) in [6, 6.07) is 1.76. The third-order valence-electron chi connectivity index (χ3n) is 4.48. The second-order valence-electron chi connectivity index (χ2n) is 6.85. The summed E-state index contributed by atoms with van der Waals surface area (Å²) in [5, 5.41) is 12.3. The molecule has 0 unspecified atom stereocenters. The normalized spacial score (nSPS) is 13.3. The van der Waals surface area contributed by atoms with Gasteiger partial charge in [0.2, 0.25) is 11.8 Å². The van der Waals surface area contributed by atoms with Gasteiger partial charge in [-0.1, -0.05) is 18.7 Å². The summed E-state index contributed by atoms with van der Waals surface area (Å²) < 4.78 is 6.96. The lowest BCUT2D eigenvalue weighted by Gasteiger charge is -2.09. The van der Waals surface area contributed by atoms with Crippen molar-refractivity contribution in [3.8, 4) is 0 Å². The first-order chi connectivity index (χ1) is 14.4. The van der Waals surface area contributed by atoms with Gasteiger partial charge in [-0.15, -0.1) is 21.5 Å². The molecule has 2 heterocycles. The number of rotatable bonds is 11. The van der Waals surface area contributed by atoms with E-state index in [0.29, 0.717) is 28.2 Å². The number of nitrogens with two attached hydrogens (primary N) is 1. The number of carbonyl (C=O) groups is 3. The third kappa shape index (κ3) is 5.60. The van der Waals surface area contributed by atoms with Crippen LogP contribution in [-0.2, 0) is 27.3 Å². The summed E-state index contributed by atoms with van der Waals surface area (Å²) in [5.74, 6) is 0.203. The molecule has 0 saturated heterocycles. The number of esters is 1. The zero-order valence-corrected chi connectivity index (χ0v) is 18.6. The Labute approximate surface area is 182 Å². The number of primary amides is 1. The van der Waals surface area contributed by atoms with Gasteiger partial charge in [0.1, 0.15) is 10.8 Å². The molecule has 1 aliphatic carbocycles. The summed E-state index contributed by atoms with van der Waals surface area (Å²) in [6.45, 7) is 4.39. The zero-order valence-electron chi connectivity index (χ0n) is 17.0. The standard InChI is InChI=1S/C19H25N5O4S2/c1-3-12-9-13(18(27)28-4-2)17(30-12)21-15(26)10-29-19-23-22-16(11-5-6-11)24(19)8-7-14(20)25/h9,11H,3-8,10H2,1-2H3,(H2,20,25)(H,21,26). The lowest BCUT2D eigenvalue weighted by Crippen LogP contribution is -2.17. The maximum atomic E-state index is 12.5. The topological polar surface area (TPSA) is 129 Å². The van der Waals surface area contributed by atoms with Crippen LogP contribution in [-0.4, -0.2) is 44.9 Å². The molecule has 2 aromatic heterocycles. The summed E-state index contributed by atoms with van der Waals surface area (Å²) >= 11 is 2.61. The molecule has 0 spiro atoms. The molecule has 1 saturated carbocycles. The summed E-state index contributed by atoms with van der Waals surface area (Å²) in [7, 11) is 0. The van der Waals surface area contributed by atoms with Crippen molar-refractivity contribution >= 4 is 45.9 Å². The van der Waals surface area contributed by atoms with Crippen LogP contribution < -0.4 is 11.1 Å². The van der Waals surface area contributed by atoms with Gasteiger partial charge in [0.05, 0.1) is 17.9 Å². The Hall–Kier alpha value is -2.40. The second-order valence-corrected chi connectivity index (χ2v) is 8.93. The van der Waals surface area contributed by atoms with Crippen LogP contribution in [0.15, 0.2) is 11.2 Å². The number of thioether (sulfide) groups is 1. The van der Waals surface area contributed by atoms with Crippen molar-refractivity contribution in [1.82, 2.24) is 14.8 Å². The molecular formula is C19H25N5O4S2. The van der Waals surface area contributed by atoms with E-state index in [1.807, 2.05) is 11.5 Å². The van der Waals surface area contributed by atoms with E-state index in [-0.39, 0.29) is 24.7 Å². The molecule has 0 radical (unpaired) electrons. The smallest absolute Gasteiger partial charge is 0.341 e. The van der Waals surface area contributed by atoms with E-state index in [2.05, 4.69) is 15.5 Å². The van der Waals surface area contributed by atoms with Crippen LogP contribution in [0.3, 0.4) is 0 Å². The highest BCUT2D eigenvalue weighted by atomic mass is 32.2. The molecule has 30 heavy (non-hydrogen) atoms. The van der Waals surface area contributed by atoms with Crippen LogP contribution in [0.1, 0.15) is 60.1 Å². The number of nitrogens with one attached hydrogen (secondary N) is 1. The van der Waals surface area contributed by atoms with Gasteiger partial charge in [-0.3, -0.25) is 9.59 Å². The minimum atomic E-state index is -0.448. The van der Waals surface area contributed by atoms with Crippen molar-refractivity contribution in [2.75, 3.05) is 17.7 Å². The monoisotopic (exact) mass is 451 g/mol. The number of hydrogen-bond acceptors (Lipinski definition) is 8. The van der Waals surface area contributed by atoms with E-state index < -0.39 is 11.9 Å². The fourth-order valence-corrected chi connectivity index (χ4v) is 4.62. The van der Waals surface area contributed by atoms with E-state index in [1.54, 1.807) is 13.0 Å². The largest absolute Gasteiger partial charge is 0.462 e. The minimum Gasteiger partial charge on any atom is -0.462 e. The first-order valence-corrected chi connectivity index (χ1v) is 11.7. The molecular weight excluding hydrogens is 426 g/mol. The van der Waals surface area contributed by atoms with Crippen LogP contribution in [0.25, 0.3) is 0 Å². The third-order valence-corrected chi connectivity index (χ3v) is 6.64. The Morgan fingerprint density at radius 1 is 1.33 bits per heavy atom. The van der Waals surface area contributed by atoms with Crippen molar-refractivity contribution in [3.63, 3.8) is 0 Å². The fraction of sp³-hybridized carbons (Fsp3) is 0.526. The maximum absolute atomic E-state index is 12.5. The molecule has 1 fully saturated rings. The van der Waals surface area contributed by atoms with Crippen molar-refractivity contribution in [2.45, 2.75) is 57.1 Å². The molecule has 0 bridgehead atoms. The van der Waals surface area contributed by atoms with Crippen molar-refractivity contribution < 1.29 is 19.1 Å². The van der Waals surface area contributed by atoms with Gasteiger partial charge in [-0.2, -0.15) is 0 Å². The number of nitrogens with zero attached hydrogens (tertiary/aromatic N) is 3. The van der Waals surface area contributed by atoms with Gasteiger partial charge < -0.3 is 20.4 Å². The molecule has 0 aromatic carbocycles. The van der Waals surface area contributed by atoms with Crippen LogP contribution in [0.5, 0.6) is 0 Å². The second kappa shape index (κ2) is 10.1. The summed E-state index contributed by atoms with van der Waals surface area (Å²) in [5.41, 5.74) is 5.65. The average molecular weight is 452 g/mol. The minimum absolute atomic E-state index is 0.0982. The Morgan fingerprint density at radius 3 is 2.73 bits per heavy atom. The molecule has 1 aliphatic rings. The van der Waals surface area contributed by atoms with Gasteiger partial charge in [-0.05, 0) is 32.3 Å². The first-order valence-electron chi connectivity index (χ1n) is 9.86. The summed E-state index contributed by atoms with van der Waals surface area (Å²) in [6.07, 6.45) is 3.05. The number of hydrogen-bond donors (Lipinski definition) is 2. The lowest BCUT2D eigenvalue weighted by molar-refractivity contribution is -0.118. The van der Waals surface area contributed by atoms with Crippen LogP contribution in [0.2, 0.25) is 0 Å². The van der Waals surface area contributed by atoms with Gasteiger partial charge in [-0.25, -0.2) is 4.79 Å². The maximum Gasteiger partial charge on any atom is 0.341 e. The Balaban J connectivity index is 1.66. The highest BCUT2D eigenvalue weighted by Crippen LogP contribution is 2.40. The Morgan fingerprint density at radius 2 is 2.10 bits per heavy atom. The fourth-order valence-electron chi connectivity index (χ4n) is 2.84. The van der Waals surface area contributed by atoms with Crippen LogP contribution in [0, 0.1) is 0 Å². The van der Waals surface area contributed by atoms with Gasteiger partial charge in [0, 0.05) is 23.8 Å². The van der Waals surface area contributed by atoms with Crippen molar-refractivity contribution in [2.24, 2.45) is 5.73 Å². The number of ether oxygens (including phenoxy) is 1. The first kappa shape index (κ1) is 22.3. The van der Waals surface area contributed by atoms with E-state index >= 15 is 0 Å². The van der Waals surface area contributed by atoms with Gasteiger partial charge in [0.15, 0.2) is 5.16 Å². The molecule has 2 aromatic rings. The number of aryl methyl sites for hydroxylation is 1. The molecule has 3 N–H and O–H groups in total. The Kier molecular flexibility index (Phi) is 7.48. The number of carbonyl (C=O) groups excluding carboxylic acids is 3. The van der Waals surface area contributed by atoms with E-state index in [4.69, 9.17) is 10.5 Å². The predicted octanol–water partition coefficient (Wildman–Crippen LogP) is 2.56. The molecule has 0 atom stereocenters. The molecule has 11 heteroatoms. The van der Waals surface area contributed by atoms with Crippen molar-refractivity contribution in [1.29, 1.82) is 0 Å². The van der Waals surface area contributed by atoms with Gasteiger partial charge >= 0.3 is 5.97 Å². The molecule has 2 amide bonds. The molecule has 0 aliphatic heterocycles. The number of thiophene rings is 1. The Bertz CT molecular complexity index is 935. The number of amides is 2. The van der Waals surface area contributed by atoms with Gasteiger partial charge in [0.25, 0.3) is 0 Å². The SMILES string of the molecule is CCOC(=O)c1cc(CC)sc1NC(=O)CSc1nnc(C2CC2)n1CCC(N)=O. The zero-order chi connectivity index (χ0) is 21.7. The predicted molar refractivity (Wildman–Crippen MR) is 115 cm³/mol. The quantitative estimate of drug-likeness (QED) is 0.397. The molecule has 9 nitrogen and oxygen atoms in total. The molecule has 162 valence electrons. The lowest BCUT2D eigenvalue weighted by atomic mass is 10.2. The number of aromatic nitrogens is 3. The summed E-state index contributed by atoms with van der Waals surface area (Å²) in [4.78, 5) is 36.9. The van der Waals surface area contributed by atoms with Crippen LogP contribution in [0.4, 0.5) is 5.00 Å². The van der Waals surface area contributed by atoms with E-state index in [0.717, 1.165) is 30.0 Å². The van der Waals surface area contributed by atoms with Crippen molar-refractivity contribution in [3.05, 3.63) is 22.3 Å². The van der Waals surface area contributed by atoms with Crippen LogP contribution >= 0.6 is 23.1 Å². The van der Waals surface area contributed by atoms with E-state index in [1.165, 1.54) is 23.1 Å². The molecule has 3 rings (SSSR count). The highest BCUT2D eigenvalue weighted by molar-refractivity contribution is 7.99. The number of anilines is 1. The van der Waals surface area contributed by atoms with E-state index in [9.17, 15) is 14.4 Å². The highest BCUT2D eigenvalue weighted by Gasteiger charge is 2.30. The average Bonchev–Trinajstić information content (AvgIpc) is 3.34.